The number of halogens is 1. The third-order valence-corrected chi connectivity index (χ3v) is 5.81. The van der Waals surface area contributed by atoms with Crippen LogP contribution < -0.4 is 11.1 Å². The van der Waals surface area contributed by atoms with Gasteiger partial charge < -0.3 is 11.1 Å². The minimum absolute atomic E-state index is 0. The van der Waals surface area contributed by atoms with Crippen LogP contribution >= 0.6 is 12.4 Å². The molecular weight excluding hydrogens is 374 g/mol. The van der Waals surface area contributed by atoms with Gasteiger partial charge in [-0.2, -0.15) is 5.10 Å². The Morgan fingerprint density at radius 1 is 1.29 bits per heavy atom. The molecule has 0 radical (unpaired) electrons. The first kappa shape index (κ1) is 22.4. The number of carbonyl (C=O) groups is 1. The van der Waals surface area contributed by atoms with Crippen molar-refractivity contribution in [3.05, 3.63) is 41.7 Å². The standard InChI is InChI=1S/C21H31N5O.ClH/c1-14-19(15(2)26(24-14)17-9-7-6-8-10-17)23-20(27)16(3)25-12-11-18(22)21(4,5)13-25;/h6-10,16,18H,11-13,22H2,1-5H3,(H,23,27);1H. The van der Waals surface area contributed by atoms with Crippen molar-refractivity contribution in [2.24, 2.45) is 11.1 Å². The van der Waals surface area contributed by atoms with E-state index in [1.807, 2.05) is 55.8 Å². The fraction of sp³-hybridized carbons (Fsp3) is 0.524. The van der Waals surface area contributed by atoms with Gasteiger partial charge in [0.1, 0.15) is 0 Å². The number of anilines is 1. The monoisotopic (exact) mass is 405 g/mol. The van der Waals surface area contributed by atoms with E-state index in [1.54, 1.807) is 0 Å². The van der Waals surface area contributed by atoms with E-state index in [4.69, 9.17) is 5.73 Å². The summed E-state index contributed by atoms with van der Waals surface area (Å²) in [5, 5.41) is 7.72. The zero-order valence-corrected chi connectivity index (χ0v) is 18.2. The largest absolute Gasteiger partial charge is 0.327 e. The summed E-state index contributed by atoms with van der Waals surface area (Å²) in [7, 11) is 0. The minimum Gasteiger partial charge on any atom is -0.327 e. The number of para-hydroxylation sites is 1. The van der Waals surface area contributed by atoms with Gasteiger partial charge in [0.25, 0.3) is 0 Å². The van der Waals surface area contributed by atoms with E-state index in [0.717, 1.165) is 42.3 Å². The van der Waals surface area contributed by atoms with Gasteiger partial charge in [-0.1, -0.05) is 32.0 Å². The van der Waals surface area contributed by atoms with E-state index in [0.29, 0.717) is 0 Å². The smallest absolute Gasteiger partial charge is 0.241 e. The van der Waals surface area contributed by atoms with Gasteiger partial charge in [0.15, 0.2) is 0 Å². The SMILES string of the molecule is Cc1nn(-c2ccccc2)c(C)c1NC(=O)C(C)N1CCC(N)C(C)(C)C1.Cl. The molecule has 7 heteroatoms. The van der Waals surface area contributed by atoms with Crippen molar-refractivity contribution < 1.29 is 4.79 Å². The molecule has 2 atom stereocenters. The number of nitrogens with two attached hydrogens (primary N) is 1. The van der Waals surface area contributed by atoms with E-state index < -0.39 is 0 Å². The molecule has 3 N–H and O–H groups in total. The van der Waals surface area contributed by atoms with Crippen molar-refractivity contribution >= 4 is 24.0 Å². The Kier molecular flexibility index (Phi) is 6.91. The number of carbonyl (C=O) groups excluding carboxylic acids is 1. The number of piperidine rings is 1. The Labute approximate surface area is 173 Å². The molecule has 2 unspecified atom stereocenters. The molecule has 28 heavy (non-hydrogen) atoms. The number of hydrogen-bond donors (Lipinski definition) is 2. The highest BCUT2D eigenvalue weighted by Crippen LogP contribution is 2.29. The predicted molar refractivity (Wildman–Crippen MR) is 116 cm³/mol. The van der Waals surface area contributed by atoms with Crippen molar-refractivity contribution in [3.63, 3.8) is 0 Å². The molecule has 1 aromatic carbocycles. The average molecular weight is 406 g/mol. The highest BCUT2D eigenvalue weighted by molar-refractivity contribution is 5.95. The highest BCUT2D eigenvalue weighted by Gasteiger charge is 2.36. The molecule has 154 valence electrons. The van der Waals surface area contributed by atoms with Crippen LogP contribution in [0.3, 0.4) is 0 Å². The van der Waals surface area contributed by atoms with Crippen LogP contribution in [0.15, 0.2) is 30.3 Å². The minimum atomic E-state index is -0.212. The lowest BCUT2D eigenvalue weighted by molar-refractivity contribution is -0.122. The maximum Gasteiger partial charge on any atom is 0.241 e. The van der Waals surface area contributed by atoms with E-state index in [9.17, 15) is 4.79 Å². The molecule has 1 amide bonds. The quantitative estimate of drug-likeness (QED) is 0.818. The lowest BCUT2D eigenvalue weighted by Gasteiger charge is -2.44. The molecule has 1 aromatic heterocycles. The number of hydrogen-bond acceptors (Lipinski definition) is 4. The summed E-state index contributed by atoms with van der Waals surface area (Å²) < 4.78 is 1.87. The van der Waals surface area contributed by atoms with Gasteiger partial charge in [0, 0.05) is 19.1 Å². The van der Waals surface area contributed by atoms with Gasteiger partial charge in [-0.3, -0.25) is 9.69 Å². The van der Waals surface area contributed by atoms with Gasteiger partial charge in [-0.15, -0.1) is 12.4 Å². The fourth-order valence-electron chi connectivity index (χ4n) is 3.78. The van der Waals surface area contributed by atoms with Crippen molar-refractivity contribution in [1.82, 2.24) is 14.7 Å². The van der Waals surface area contributed by atoms with Crippen LogP contribution in [0.25, 0.3) is 5.69 Å². The predicted octanol–water partition coefficient (Wildman–Crippen LogP) is 3.30. The van der Waals surface area contributed by atoms with Gasteiger partial charge in [0.2, 0.25) is 5.91 Å². The Bertz CT molecular complexity index is 818. The summed E-state index contributed by atoms with van der Waals surface area (Å²) in [5.74, 6) is 0.0000770. The Hall–Kier alpha value is -1.89. The lowest BCUT2D eigenvalue weighted by Crippen LogP contribution is -2.56. The summed E-state index contributed by atoms with van der Waals surface area (Å²) >= 11 is 0. The summed E-state index contributed by atoms with van der Waals surface area (Å²) in [6, 6.07) is 9.92. The van der Waals surface area contributed by atoms with Crippen LogP contribution in [0.4, 0.5) is 5.69 Å². The van der Waals surface area contributed by atoms with Crippen LogP contribution in [-0.4, -0.2) is 45.8 Å². The highest BCUT2D eigenvalue weighted by atomic mass is 35.5. The number of rotatable bonds is 4. The topological polar surface area (TPSA) is 76.2 Å². The van der Waals surface area contributed by atoms with Crippen LogP contribution in [0, 0.1) is 19.3 Å². The molecule has 2 aromatic rings. The molecular formula is C21H32ClN5O. The van der Waals surface area contributed by atoms with Crippen molar-refractivity contribution in [2.45, 2.75) is 53.1 Å². The van der Waals surface area contributed by atoms with Gasteiger partial charge in [0.05, 0.1) is 28.8 Å². The first-order valence-corrected chi connectivity index (χ1v) is 9.63. The number of amides is 1. The third kappa shape index (κ3) is 4.40. The maximum absolute atomic E-state index is 12.9. The van der Waals surface area contributed by atoms with Crippen LogP contribution in [0.1, 0.15) is 38.6 Å². The van der Waals surface area contributed by atoms with Crippen molar-refractivity contribution in [2.75, 3.05) is 18.4 Å². The molecule has 0 saturated carbocycles. The molecule has 1 saturated heterocycles. The van der Waals surface area contributed by atoms with Crippen LogP contribution in [0.2, 0.25) is 0 Å². The van der Waals surface area contributed by atoms with Crippen molar-refractivity contribution in [1.29, 1.82) is 0 Å². The third-order valence-electron chi connectivity index (χ3n) is 5.81. The van der Waals surface area contributed by atoms with E-state index in [-0.39, 0.29) is 35.8 Å². The summed E-state index contributed by atoms with van der Waals surface area (Å²) in [4.78, 5) is 15.2. The Morgan fingerprint density at radius 2 is 1.93 bits per heavy atom. The van der Waals surface area contributed by atoms with E-state index in [2.05, 4.69) is 29.2 Å². The Morgan fingerprint density at radius 3 is 2.54 bits per heavy atom. The van der Waals surface area contributed by atoms with Crippen LogP contribution in [0.5, 0.6) is 0 Å². The normalized spacial score (nSPS) is 20.3. The summed E-state index contributed by atoms with van der Waals surface area (Å²) in [5.41, 5.74) is 9.77. The zero-order valence-electron chi connectivity index (χ0n) is 17.4. The first-order valence-electron chi connectivity index (χ1n) is 9.63. The van der Waals surface area contributed by atoms with Gasteiger partial charge >= 0.3 is 0 Å². The lowest BCUT2D eigenvalue weighted by atomic mass is 9.79. The molecule has 3 rings (SSSR count). The van der Waals surface area contributed by atoms with Crippen LogP contribution in [-0.2, 0) is 4.79 Å². The Balaban J connectivity index is 0.00000280. The summed E-state index contributed by atoms with van der Waals surface area (Å²) in [6.45, 7) is 11.9. The van der Waals surface area contributed by atoms with Crippen molar-refractivity contribution in [3.8, 4) is 5.69 Å². The van der Waals surface area contributed by atoms with Gasteiger partial charge in [-0.25, -0.2) is 4.68 Å². The fourth-order valence-corrected chi connectivity index (χ4v) is 3.78. The number of benzene rings is 1. The maximum atomic E-state index is 12.9. The number of aromatic nitrogens is 2. The second kappa shape index (κ2) is 8.64. The van der Waals surface area contributed by atoms with E-state index in [1.165, 1.54) is 0 Å². The number of likely N-dealkylation sites (tertiary alicyclic amines) is 1. The van der Waals surface area contributed by atoms with Gasteiger partial charge in [-0.05, 0) is 44.7 Å². The number of nitrogens with zero attached hydrogens (tertiary/aromatic N) is 3. The molecule has 1 aliphatic heterocycles. The number of nitrogens with one attached hydrogen (secondary N) is 1. The second-order valence-corrected chi connectivity index (χ2v) is 8.31. The zero-order chi connectivity index (χ0) is 19.8. The molecule has 0 aliphatic carbocycles. The molecule has 0 bridgehead atoms. The summed E-state index contributed by atoms with van der Waals surface area (Å²) in [6.07, 6.45) is 0.911. The first-order chi connectivity index (χ1) is 12.7. The molecule has 0 spiro atoms. The molecule has 1 fully saturated rings. The molecule has 2 heterocycles. The average Bonchev–Trinajstić information content (AvgIpc) is 2.92. The van der Waals surface area contributed by atoms with E-state index >= 15 is 0 Å². The second-order valence-electron chi connectivity index (χ2n) is 8.31. The number of aryl methyl sites for hydroxylation is 1. The molecule has 1 aliphatic rings. The molecule has 6 nitrogen and oxygen atoms in total.